The molecule has 0 fully saturated rings. The zero-order valence-corrected chi connectivity index (χ0v) is 7.97. The molecule has 0 bridgehead atoms. The molecule has 80 valence electrons. The number of alkyl halides is 3. The van der Waals surface area contributed by atoms with E-state index in [2.05, 4.69) is 5.10 Å². The van der Waals surface area contributed by atoms with Crippen LogP contribution in [0.15, 0.2) is 6.07 Å². The Morgan fingerprint density at radius 1 is 1.50 bits per heavy atom. The van der Waals surface area contributed by atoms with E-state index in [1.54, 1.807) is 0 Å². The van der Waals surface area contributed by atoms with Crippen LogP contribution in [0.25, 0.3) is 0 Å². The Morgan fingerprint density at radius 3 is 2.43 bits per heavy atom. The lowest BCUT2D eigenvalue weighted by atomic mass is 10.1. The quantitative estimate of drug-likeness (QED) is 0.807. The average Bonchev–Trinajstić information content (AvgIpc) is 2.29. The Hall–Kier alpha value is -1.20. The van der Waals surface area contributed by atoms with Gasteiger partial charge in [0, 0.05) is 6.07 Å². The normalized spacial score (nSPS) is 12.4. The van der Waals surface area contributed by atoms with Crippen LogP contribution in [0.3, 0.4) is 0 Å². The second-order valence-electron chi connectivity index (χ2n) is 3.42. The highest BCUT2D eigenvalue weighted by Gasteiger charge is 2.29. The van der Waals surface area contributed by atoms with Crippen molar-refractivity contribution in [1.82, 2.24) is 9.78 Å². The van der Waals surface area contributed by atoms with Gasteiger partial charge in [-0.3, -0.25) is 0 Å². The highest BCUT2D eigenvalue weighted by Crippen LogP contribution is 2.21. The number of nitrogens with two attached hydrogens (primary N) is 1. The van der Waals surface area contributed by atoms with Crippen molar-refractivity contribution >= 4 is 5.82 Å². The first-order chi connectivity index (χ1) is 6.29. The van der Waals surface area contributed by atoms with Crippen molar-refractivity contribution in [3.8, 4) is 0 Å². The topological polar surface area (TPSA) is 43.8 Å². The van der Waals surface area contributed by atoms with Gasteiger partial charge in [0.2, 0.25) is 0 Å². The van der Waals surface area contributed by atoms with Crippen molar-refractivity contribution in [2.45, 2.75) is 32.5 Å². The van der Waals surface area contributed by atoms with Gasteiger partial charge in [-0.15, -0.1) is 0 Å². The summed E-state index contributed by atoms with van der Waals surface area (Å²) in [5.74, 6) is 0.123. The molecule has 1 aromatic rings. The van der Waals surface area contributed by atoms with Gasteiger partial charge in [-0.2, -0.15) is 18.3 Å². The second kappa shape index (κ2) is 3.51. The fourth-order valence-corrected chi connectivity index (χ4v) is 1.03. The summed E-state index contributed by atoms with van der Waals surface area (Å²) >= 11 is 0. The highest BCUT2D eigenvalue weighted by molar-refractivity contribution is 5.32. The number of halogens is 3. The summed E-state index contributed by atoms with van der Waals surface area (Å²) in [7, 11) is 0. The first kappa shape index (κ1) is 10.9. The Labute approximate surface area is 79.7 Å². The predicted molar refractivity (Wildman–Crippen MR) is 46.8 cm³/mol. The van der Waals surface area contributed by atoms with Gasteiger partial charge in [-0.1, -0.05) is 13.8 Å². The standard InChI is InChI=1S/C8H12F3N3/c1-5(2)6-3-7(12)14(13-6)4-8(9,10)11/h3,5H,4,12H2,1-2H3. The summed E-state index contributed by atoms with van der Waals surface area (Å²) in [6.45, 7) is 2.56. The molecule has 0 aliphatic carbocycles. The largest absolute Gasteiger partial charge is 0.408 e. The SMILES string of the molecule is CC(C)c1cc(N)n(CC(F)(F)F)n1. The van der Waals surface area contributed by atoms with Crippen LogP contribution in [0, 0.1) is 0 Å². The van der Waals surface area contributed by atoms with Crippen LogP contribution in [0.1, 0.15) is 25.5 Å². The third-order valence-electron chi connectivity index (χ3n) is 1.75. The lowest BCUT2D eigenvalue weighted by molar-refractivity contribution is -0.142. The number of hydrogen-bond donors (Lipinski definition) is 1. The molecule has 0 spiro atoms. The molecule has 14 heavy (non-hydrogen) atoms. The maximum atomic E-state index is 12.0. The van der Waals surface area contributed by atoms with Crippen molar-refractivity contribution in [3.05, 3.63) is 11.8 Å². The number of nitrogen functional groups attached to an aromatic ring is 1. The minimum atomic E-state index is -4.28. The van der Waals surface area contributed by atoms with Gasteiger partial charge in [-0.25, -0.2) is 4.68 Å². The van der Waals surface area contributed by atoms with Crippen LogP contribution >= 0.6 is 0 Å². The number of hydrogen-bond acceptors (Lipinski definition) is 2. The molecule has 1 rings (SSSR count). The summed E-state index contributed by atoms with van der Waals surface area (Å²) in [5, 5.41) is 3.77. The van der Waals surface area contributed by atoms with E-state index in [1.807, 2.05) is 13.8 Å². The smallest absolute Gasteiger partial charge is 0.384 e. The van der Waals surface area contributed by atoms with E-state index in [-0.39, 0.29) is 11.7 Å². The highest BCUT2D eigenvalue weighted by atomic mass is 19.4. The predicted octanol–water partition coefficient (Wildman–Crippen LogP) is 2.15. The molecular weight excluding hydrogens is 195 g/mol. The van der Waals surface area contributed by atoms with Gasteiger partial charge in [-0.05, 0) is 5.92 Å². The molecule has 2 N–H and O–H groups in total. The molecule has 1 heterocycles. The van der Waals surface area contributed by atoms with Crippen LogP contribution < -0.4 is 5.73 Å². The molecule has 0 aliphatic rings. The maximum absolute atomic E-state index is 12.0. The zero-order chi connectivity index (χ0) is 10.9. The number of anilines is 1. The van der Waals surface area contributed by atoms with Gasteiger partial charge in [0.1, 0.15) is 12.4 Å². The molecule has 0 saturated heterocycles. The lowest BCUT2D eigenvalue weighted by Crippen LogP contribution is -2.20. The third-order valence-corrected chi connectivity index (χ3v) is 1.75. The molecule has 0 atom stereocenters. The average molecular weight is 207 g/mol. The molecule has 1 aromatic heterocycles. The van der Waals surface area contributed by atoms with Gasteiger partial charge in [0.15, 0.2) is 0 Å². The van der Waals surface area contributed by atoms with Crippen molar-refractivity contribution in [3.63, 3.8) is 0 Å². The Morgan fingerprint density at radius 2 is 2.07 bits per heavy atom. The summed E-state index contributed by atoms with van der Waals surface area (Å²) in [5.41, 5.74) is 5.96. The van der Waals surface area contributed by atoms with E-state index in [4.69, 9.17) is 5.73 Å². The van der Waals surface area contributed by atoms with E-state index in [0.29, 0.717) is 5.69 Å². The van der Waals surface area contributed by atoms with E-state index in [9.17, 15) is 13.2 Å². The molecule has 6 heteroatoms. The molecule has 0 saturated carbocycles. The third kappa shape index (κ3) is 2.65. The summed E-state index contributed by atoms with van der Waals surface area (Å²) < 4.78 is 36.8. The Bertz CT molecular complexity index is 314. The van der Waals surface area contributed by atoms with Crippen molar-refractivity contribution in [1.29, 1.82) is 0 Å². The lowest BCUT2D eigenvalue weighted by Gasteiger charge is -2.07. The number of rotatable bonds is 2. The molecule has 0 aromatic carbocycles. The van der Waals surface area contributed by atoms with Crippen molar-refractivity contribution in [2.75, 3.05) is 5.73 Å². The minimum absolute atomic E-state index is 0.0472. The zero-order valence-electron chi connectivity index (χ0n) is 7.97. The van der Waals surface area contributed by atoms with E-state index < -0.39 is 12.7 Å². The van der Waals surface area contributed by atoms with Crippen molar-refractivity contribution < 1.29 is 13.2 Å². The van der Waals surface area contributed by atoms with Crippen LogP contribution in [-0.4, -0.2) is 16.0 Å². The molecule has 0 amide bonds. The summed E-state index contributed by atoms with van der Waals surface area (Å²) in [6.07, 6.45) is -4.28. The molecule has 0 radical (unpaired) electrons. The van der Waals surface area contributed by atoms with Crippen LogP contribution in [-0.2, 0) is 6.54 Å². The molecule has 0 aliphatic heterocycles. The Balaban J connectivity index is 2.88. The number of nitrogens with zero attached hydrogens (tertiary/aromatic N) is 2. The summed E-state index contributed by atoms with van der Waals surface area (Å²) in [4.78, 5) is 0. The van der Waals surface area contributed by atoms with Crippen LogP contribution in [0.5, 0.6) is 0 Å². The van der Waals surface area contributed by atoms with E-state index >= 15 is 0 Å². The van der Waals surface area contributed by atoms with Gasteiger partial charge in [0.25, 0.3) is 0 Å². The van der Waals surface area contributed by atoms with Gasteiger partial charge < -0.3 is 5.73 Å². The van der Waals surface area contributed by atoms with Crippen LogP contribution in [0.4, 0.5) is 19.0 Å². The van der Waals surface area contributed by atoms with E-state index in [1.165, 1.54) is 6.07 Å². The summed E-state index contributed by atoms with van der Waals surface area (Å²) in [6, 6.07) is 1.47. The minimum Gasteiger partial charge on any atom is -0.384 e. The van der Waals surface area contributed by atoms with Crippen LogP contribution in [0.2, 0.25) is 0 Å². The Kier molecular flexibility index (Phi) is 2.73. The first-order valence-electron chi connectivity index (χ1n) is 4.19. The molecule has 3 nitrogen and oxygen atoms in total. The van der Waals surface area contributed by atoms with Crippen molar-refractivity contribution in [2.24, 2.45) is 0 Å². The fourth-order valence-electron chi connectivity index (χ4n) is 1.03. The fraction of sp³-hybridized carbons (Fsp3) is 0.625. The van der Waals surface area contributed by atoms with E-state index in [0.717, 1.165) is 4.68 Å². The van der Waals surface area contributed by atoms with Gasteiger partial charge >= 0.3 is 6.18 Å². The number of aromatic nitrogens is 2. The first-order valence-corrected chi connectivity index (χ1v) is 4.19. The molecular formula is C8H12F3N3. The monoisotopic (exact) mass is 207 g/mol. The maximum Gasteiger partial charge on any atom is 0.408 e. The molecule has 0 unspecified atom stereocenters. The van der Waals surface area contributed by atoms with Gasteiger partial charge in [0.05, 0.1) is 5.69 Å². The second-order valence-corrected chi connectivity index (χ2v) is 3.42.